The number of ether oxygens (including phenoxy) is 1. The third kappa shape index (κ3) is 3.23. The lowest BCUT2D eigenvalue weighted by atomic mass is 10.3. The molecule has 0 aliphatic rings. The van der Waals surface area contributed by atoms with Crippen LogP contribution in [-0.4, -0.2) is 9.36 Å². The largest absolute Gasteiger partial charge is 0.430 e. The minimum Gasteiger partial charge on any atom is -0.430 e. The van der Waals surface area contributed by atoms with Gasteiger partial charge in [-0.25, -0.2) is 4.39 Å². The highest BCUT2D eigenvalue weighted by atomic mass is 79.9. The SMILES string of the molecule is CCCc1nsc(Oc2ccc(F)c(Br)c2)n1. The monoisotopic (exact) mass is 316 g/mol. The summed E-state index contributed by atoms with van der Waals surface area (Å²) < 4.78 is 23.0. The minimum absolute atomic E-state index is 0.318. The average Bonchev–Trinajstić information content (AvgIpc) is 2.72. The van der Waals surface area contributed by atoms with Crippen molar-refractivity contribution in [2.75, 3.05) is 0 Å². The molecule has 1 aromatic carbocycles. The van der Waals surface area contributed by atoms with E-state index >= 15 is 0 Å². The van der Waals surface area contributed by atoms with Crippen LogP contribution in [-0.2, 0) is 6.42 Å². The van der Waals surface area contributed by atoms with E-state index in [1.165, 1.54) is 17.6 Å². The highest BCUT2D eigenvalue weighted by Crippen LogP contribution is 2.27. The second kappa shape index (κ2) is 5.55. The molecule has 0 amide bonds. The Labute approximate surface area is 111 Å². The fourth-order valence-electron chi connectivity index (χ4n) is 1.25. The molecule has 0 saturated heterocycles. The third-order valence-electron chi connectivity index (χ3n) is 2.02. The van der Waals surface area contributed by atoms with Gasteiger partial charge in [0.2, 0.25) is 0 Å². The zero-order chi connectivity index (χ0) is 12.3. The molecule has 0 spiro atoms. The highest BCUT2D eigenvalue weighted by Gasteiger charge is 2.07. The Bertz CT molecular complexity index is 518. The molecule has 2 rings (SSSR count). The summed E-state index contributed by atoms with van der Waals surface area (Å²) in [7, 11) is 0. The molecule has 0 fully saturated rings. The first-order chi connectivity index (χ1) is 8.19. The van der Waals surface area contributed by atoms with E-state index in [0.29, 0.717) is 15.4 Å². The Morgan fingerprint density at radius 2 is 2.29 bits per heavy atom. The molecule has 0 atom stereocenters. The van der Waals surface area contributed by atoms with E-state index in [2.05, 4.69) is 32.2 Å². The molecule has 1 heterocycles. The van der Waals surface area contributed by atoms with E-state index in [4.69, 9.17) is 4.74 Å². The molecule has 6 heteroatoms. The number of hydrogen-bond donors (Lipinski definition) is 0. The first-order valence-electron chi connectivity index (χ1n) is 5.14. The normalized spacial score (nSPS) is 10.5. The van der Waals surface area contributed by atoms with E-state index < -0.39 is 0 Å². The molecule has 0 saturated carbocycles. The van der Waals surface area contributed by atoms with Gasteiger partial charge in [0.05, 0.1) is 4.47 Å². The molecule has 17 heavy (non-hydrogen) atoms. The van der Waals surface area contributed by atoms with Gasteiger partial charge in [-0.1, -0.05) is 6.92 Å². The molecule has 3 nitrogen and oxygen atoms in total. The van der Waals surface area contributed by atoms with E-state index in [-0.39, 0.29) is 5.82 Å². The summed E-state index contributed by atoms with van der Waals surface area (Å²) in [6.07, 6.45) is 1.84. The zero-order valence-electron chi connectivity index (χ0n) is 9.11. The third-order valence-corrected chi connectivity index (χ3v) is 3.26. The van der Waals surface area contributed by atoms with Gasteiger partial charge in [0.25, 0.3) is 5.19 Å². The van der Waals surface area contributed by atoms with Gasteiger partial charge in [0.1, 0.15) is 17.4 Å². The van der Waals surface area contributed by atoms with Crippen LogP contribution in [0.2, 0.25) is 0 Å². The maximum atomic E-state index is 13.0. The molecule has 1 aromatic heterocycles. The Morgan fingerprint density at radius 3 is 3.00 bits per heavy atom. The lowest BCUT2D eigenvalue weighted by molar-refractivity contribution is 0.474. The average molecular weight is 317 g/mol. The van der Waals surface area contributed by atoms with Crippen LogP contribution in [0.1, 0.15) is 19.2 Å². The van der Waals surface area contributed by atoms with Crippen LogP contribution < -0.4 is 4.74 Å². The van der Waals surface area contributed by atoms with Crippen molar-refractivity contribution in [1.29, 1.82) is 0 Å². The smallest absolute Gasteiger partial charge is 0.298 e. The number of benzene rings is 1. The summed E-state index contributed by atoms with van der Waals surface area (Å²) in [6.45, 7) is 2.07. The molecular weight excluding hydrogens is 307 g/mol. The molecule has 0 bridgehead atoms. The lowest BCUT2D eigenvalue weighted by Crippen LogP contribution is -1.87. The number of halogens is 2. The van der Waals surface area contributed by atoms with Crippen molar-refractivity contribution in [3.63, 3.8) is 0 Å². The van der Waals surface area contributed by atoms with Crippen molar-refractivity contribution < 1.29 is 9.13 Å². The Morgan fingerprint density at radius 1 is 1.47 bits per heavy atom. The molecule has 0 N–H and O–H groups in total. The van der Waals surface area contributed by atoms with Gasteiger partial charge < -0.3 is 4.74 Å². The predicted molar refractivity (Wildman–Crippen MR) is 68.1 cm³/mol. The molecule has 0 unspecified atom stereocenters. The number of nitrogens with zero attached hydrogens (tertiary/aromatic N) is 2. The molecule has 90 valence electrons. The Balaban J connectivity index is 2.11. The Hall–Kier alpha value is -1.01. The van der Waals surface area contributed by atoms with Crippen molar-refractivity contribution in [2.24, 2.45) is 0 Å². The summed E-state index contributed by atoms with van der Waals surface area (Å²) >= 11 is 4.30. The van der Waals surface area contributed by atoms with Gasteiger partial charge in [0, 0.05) is 18.0 Å². The maximum absolute atomic E-state index is 13.0. The second-order valence-corrected chi connectivity index (χ2v) is 4.97. The number of aryl methyl sites for hydroxylation is 1. The standard InChI is InChI=1S/C11H10BrFN2OS/c1-2-3-10-14-11(17-15-10)16-7-4-5-9(13)8(12)6-7/h4-6H,2-3H2,1H3. The first-order valence-corrected chi connectivity index (χ1v) is 6.71. The molecule has 0 radical (unpaired) electrons. The summed E-state index contributed by atoms with van der Waals surface area (Å²) in [6, 6.07) is 4.46. The van der Waals surface area contributed by atoms with Crippen LogP contribution >= 0.6 is 27.5 Å². The van der Waals surface area contributed by atoms with Crippen LogP contribution in [0, 0.1) is 5.82 Å². The summed E-state index contributed by atoms with van der Waals surface area (Å²) in [5, 5.41) is 0.479. The van der Waals surface area contributed by atoms with Crippen LogP contribution in [0.15, 0.2) is 22.7 Å². The molecular formula is C11H10BrFN2OS. The number of hydrogen-bond acceptors (Lipinski definition) is 4. The maximum Gasteiger partial charge on any atom is 0.298 e. The van der Waals surface area contributed by atoms with Gasteiger partial charge in [-0.15, -0.1) is 0 Å². The topological polar surface area (TPSA) is 35.0 Å². The molecule has 0 aliphatic carbocycles. The minimum atomic E-state index is -0.318. The summed E-state index contributed by atoms with van der Waals surface area (Å²) in [4.78, 5) is 4.22. The summed E-state index contributed by atoms with van der Waals surface area (Å²) in [5.74, 6) is 1.01. The van der Waals surface area contributed by atoms with Crippen molar-refractivity contribution in [3.8, 4) is 10.9 Å². The van der Waals surface area contributed by atoms with Gasteiger partial charge in [-0.2, -0.15) is 9.36 Å². The lowest BCUT2D eigenvalue weighted by Gasteiger charge is -2.01. The number of aromatic nitrogens is 2. The van der Waals surface area contributed by atoms with Crippen LogP contribution in [0.5, 0.6) is 10.9 Å². The van der Waals surface area contributed by atoms with Crippen molar-refractivity contribution in [3.05, 3.63) is 34.3 Å². The molecule has 0 aliphatic heterocycles. The van der Waals surface area contributed by atoms with Crippen molar-refractivity contribution >= 4 is 27.5 Å². The van der Waals surface area contributed by atoms with Gasteiger partial charge in [-0.3, -0.25) is 0 Å². The predicted octanol–water partition coefficient (Wildman–Crippen LogP) is 4.18. The fourth-order valence-corrected chi connectivity index (χ4v) is 2.20. The van der Waals surface area contributed by atoms with Gasteiger partial charge in [0.15, 0.2) is 0 Å². The Kier molecular flexibility index (Phi) is 4.06. The van der Waals surface area contributed by atoms with Gasteiger partial charge >= 0.3 is 0 Å². The highest BCUT2D eigenvalue weighted by molar-refractivity contribution is 9.10. The van der Waals surface area contributed by atoms with E-state index in [1.807, 2.05) is 0 Å². The van der Waals surface area contributed by atoms with Crippen LogP contribution in [0.4, 0.5) is 4.39 Å². The van der Waals surface area contributed by atoms with E-state index in [9.17, 15) is 4.39 Å². The van der Waals surface area contributed by atoms with Crippen LogP contribution in [0.25, 0.3) is 0 Å². The first kappa shape index (κ1) is 12.4. The van der Waals surface area contributed by atoms with E-state index in [1.54, 1.807) is 12.1 Å². The number of rotatable bonds is 4. The van der Waals surface area contributed by atoms with Crippen molar-refractivity contribution in [2.45, 2.75) is 19.8 Å². The summed E-state index contributed by atoms with van der Waals surface area (Å²) in [5.41, 5.74) is 0. The van der Waals surface area contributed by atoms with Gasteiger partial charge in [-0.05, 0) is 40.5 Å². The van der Waals surface area contributed by atoms with Crippen LogP contribution in [0.3, 0.4) is 0 Å². The van der Waals surface area contributed by atoms with E-state index in [0.717, 1.165) is 18.7 Å². The molecule has 2 aromatic rings. The second-order valence-electron chi connectivity index (χ2n) is 3.40. The zero-order valence-corrected chi connectivity index (χ0v) is 11.5. The van der Waals surface area contributed by atoms with Crippen molar-refractivity contribution in [1.82, 2.24) is 9.36 Å². The fraction of sp³-hybridized carbons (Fsp3) is 0.273. The quantitative estimate of drug-likeness (QED) is 0.848.